The first-order valence-electron chi connectivity index (χ1n) is 9.57. The highest BCUT2D eigenvalue weighted by molar-refractivity contribution is 6.32. The van der Waals surface area contributed by atoms with Crippen LogP contribution in [0.25, 0.3) is 22.3 Å². The summed E-state index contributed by atoms with van der Waals surface area (Å²) in [5, 5.41) is 16.4. The summed E-state index contributed by atoms with van der Waals surface area (Å²) in [4.78, 5) is 8.73. The maximum Gasteiger partial charge on any atom is 0.243 e. The zero-order chi connectivity index (χ0) is 22.1. The third kappa shape index (κ3) is 4.32. The molecule has 4 aromatic rings. The molecule has 8 heteroatoms. The molecule has 0 saturated heterocycles. The summed E-state index contributed by atoms with van der Waals surface area (Å²) in [5.74, 6) is 1.35. The number of aromatic nitrogens is 2. The number of fused-ring (bicyclic) bond motifs is 1. The Balaban J connectivity index is 1.91. The van der Waals surface area contributed by atoms with Crippen molar-refractivity contribution < 1.29 is 14.3 Å². The van der Waals surface area contributed by atoms with Crippen molar-refractivity contribution >= 4 is 28.5 Å². The Morgan fingerprint density at radius 1 is 1.03 bits per heavy atom. The number of phenolic OH excluding ortho intramolecular Hbond substituents is 1. The van der Waals surface area contributed by atoms with Gasteiger partial charge in [0.2, 0.25) is 5.95 Å². The van der Waals surface area contributed by atoms with Crippen molar-refractivity contribution in [2.45, 2.75) is 20.8 Å². The zero-order valence-electron chi connectivity index (χ0n) is 17.5. The number of rotatable bonds is 4. The van der Waals surface area contributed by atoms with Crippen LogP contribution in [0.15, 0.2) is 52.0 Å². The minimum absolute atomic E-state index is 0.0493. The molecule has 2 aromatic heterocycles. The molecule has 4 rings (SSSR count). The first-order chi connectivity index (χ1) is 14.8. The molecule has 2 aromatic carbocycles. The van der Waals surface area contributed by atoms with Crippen molar-refractivity contribution in [2.24, 2.45) is 5.10 Å². The number of anilines is 1. The monoisotopic (exact) mass is 436 g/mol. The number of halogens is 1. The predicted octanol–water partition coefficient (Wildman–Crippen LogP) is 5.11. The van der Waals surface area contributed by atoms with Gasteiger partial charge in [-0.25, -0.2) is 15.4 Å². The molecule has 2 N–H and O–H groups in total. The number of nitrogens with zero attached hydrogens (tertiary/aromatic N) is 3. The summed E-state index contributed by atoms with van der Waals surface area (Å²) < 4.78 is 11.4. The van der Waals surface area contributed by atoms with E-state index in [4.69, 9.17) is 20.8 Å². The van der Waals surface area contributed by atoms with Gasteiger partial charge in [-0.05, 0) is 62.7 Å². The van der Waals surface area contributed by atoms with E-state index in [9.17, 15) is 5.11 Å². The summed E-state index contributed by atoms with van der Waals surface area (Å²) in [6.07, 6.45) is 0. The predicted molar refractivity (Wildman–Crippen MR) is 120 cm³/mol. The molecule has 0 fully saturated rings. The lowest BCUT2D eigenvalue weighted by atomic mass is 10.1. The molecule has 0 aliphatic heterocycles. The van der Waals surface area contributed by atoms with E-state index in [0.717, 1.165) is 27.9 Å². The fourth-order valence-corrected chi connectivity index (χ4v) is 3.40. The smallest absolute Gasteiger partial charge is 0.243 e. The Morgan fingerprint density at radius 2 is 1.77 bits per heavy atom. The largest absolute Gasteiger partial charge is 0.504 e. The molecule has 0 amide bonds. The third-order valence-corrected chi connectivity index (χ3v) is 5.15. The fraction of sp³-hybridized carbons (Fsp3) is 0.174. The highest BCUT2D eigenvalue weighted by atomic mass is 35.5. The molecule has 2 heterocycles. The minimum atomic E-state index is 0.0493. The molecule has 0 saturated carbocycles. The van der Waals surface area contributed by atoms with Crippen LogP contribution in [0, 0.1) is 20.8 Å². The van der Waals surface area contributed by atoms with Crippen molar-refractivity contribution in [3.8, 4) is 22.8 Å². The molecule has 0 atom stereocenters. The maximum absolute atomic E-state index is 9.92. The molecular weight excluding hydrogens is 416 g/mol. The van der Waals surface area contributed by atoms with Crippen molar-refractivity contribution in [1.82, 2.24) is 9.97 Å². The van der Waals surface area contributed by atoms with Gasteiger partial charge in [0.15, 0.2) is 11.5 Å². The first kappa shape index (κ1) is 20.7. The van der Waals surface area contributed by atoms with E-state index in [-0.39, 0.29) is 5.75 Å². The molecule has 7 nitrogen and oxygen atoms in total. The van der Waals surface area contributed by atoms with Crippen LogP contribution in [0.5, 0.6) is 11.5 Å². The van der Waals surface area contributed by atoms with Crippen LogP contribution in [0.4, 0.5) is 5.95 Å². The highest BCUT2D eigenvalue weighted by Gasteiger charge is 2.11. The van der Waals surface area contributed by atoms with E-state index < -0.39 is 0 Å². The number of ether oxygens (including phenoxy) is 1. The van der Waals surface area contributed by atoms with Gasteiger partial charge in [0, 0.05) is 33.4 Å². The summed E-state index contributed by atoms with van der Waals surface area (Å²) in [5.41, 5.74) is 6.84. The lowest BCUT2D eigenvalue weighted by molar-refractivity contribution is 0.373. The number of hydrogen-bond acceptors (Lipinski definition) is 7. The first-order valence-corrected chi connectivity index (χ1v) is 9.95. The second kappa shape index (κ2) is 8.28. The van der Waals surface area contributed by atoms with E-state index in [1.807, 2.05) is 39.0 Å². The van der Waals surface area contributed by atoms with Crippen LogP contribution < -0.4 is 15.5 Å². The molecule has 0 bridgehead atoms. The number of aromatic hydroxyl groups is 1. The van der Waals surface area contributed by atoms with Crippen molar-refractivity contribution in [3.05, 3.63) is 69.8 Å². The normalized spacial score (nSPS) is 11.7. The molecule has 0 radical (unpaired) electrons. The van der Waals surface area contributed by atoms with Gasteiger partial charge >= 0.3 is 0 Å². The molecule has 0 aliphatic carbocycles. The molecule has 0 spiro atoms. The molecule has 158 valence electrons. The second-order valence-corrected chi connectivity index (χ2v) is 7.59. The van der Waals surface area contributed by atoms with Crippen LogP contribution in [0.3, 0.4) is 0 Å². The number of benzene rings is 2. The van der Waals surface area contributed by atoms with Gasteiger partial charge in [0.25, 0.3) is 0 Å². The number of aryl methyl sites for hydroxylation is 3. The molecule has 0 aliphatic rings. The Labute approximate surface area is 184 Å². The van der Waals surface area contributed by atoms with Crippen molar-refractivity contribution in [1.29, 1.82) is 0 Å². The Bertz CT molecular complexity index is 1350. The van der Waals surface area contributed by atoms with Crippen LogP contribution >= 0.6 is 11.6 Å². The quantitative estimate of drug-likeness (QED) is 0.432. The fourth-order valence-electron chi connectivity index (χ4n) is 3.24. The lowest BCUT2D eigenvalue weighted by Gasteiger charge is -2.09. The van der Waals surface area contributed by atoms with E-state index in [2.05, 4.69) is 20.5 Å². The average Bonchev–Trinajstić information content (AvgIpc) is 2.72. The minimum Gasteiger partial charge on any atom is -0.504 e. The standard InChI is InChI=1S/C23H21ClN4O3/c1-12-7-21-16(10-17(12)24)18(27-28-23-25-13(2)8-14(3)26-23)11-20(31-21)15-5-6-19(29)22(9-15)30-4/h5-11,29H,1-4H3,(H,25,26,28). The van der Waals surface area contributed by atoms with Gasteiger partial charge in [0.05, 0.1) is 12.5 Å². The third-order valence-electron chi connectivity index (χ3n) is 4.75. The van der Waals surface area contributed by atoms with Crippen LogP contribution in [-0.4, -0.2) is 22.2 Å². The second-order valence-electron chi connectivity index (χ2n) is 7.18. The van der Waals surface area contributed by atoms with Gasteiger partial charge < -0.3 is 14.3 Å². The number of nitrogens with one attached hydrogen (secondary N) is 1. The highest BCUT2D eigenvalue weighted by Crippen LogP contribution is 2.32. The SMILES string of the molecule is COc1cc(-c2cc(=NNc3nc(C)cc(C)n3)c3cc(Cl)c(C)cc3o2)ccc1O. The number of phenols is 1. The topological polar surface area (TPSA) is 92.8 Å². The van der Waals surface area contributed by atoms with E-state index >= 15 is 0 Å². The van der Waals surface area contributed by atoms with Gasteiger partial charge in [-0.2, -0.15) is 5.10 Å². The van der Waals surface area contributed by atoms with E-state index in [1.165, 1.54) is 7.11 Å². The summed E-state index contributed by atoms with van der Waals surface area (Å²) in [6.45, 7) is 5.71. The molecular formula is C23H21ClN4O3. The number of methoxy groups -OCH3 is 1. The van der Waals surface area contributed by atoms with Gasteiger partial charge in [-0.1, -0.05) is 11.6 Å². The summed E-state index contributed by atoms with van der Waals surface area (Å²) >= 11 is 6.36. The molecule has 0 unspecified atom stereocenters. The van der Waals surface area contributed by atoms with Gasteiger partial charge in [-0.3, -0.25) is 0 Å². The summed E-state index contributed by atoms with van der Waals surface area (Å²) in [7, 11) is 1.50. The average molecular weight is 437 g/mol. The molecule has 31 heavy (non-hydrogen) atoms. The van der Waals surface area contributed by atoms with Crippen molar-refractivity contribution in [3.63, 3.8) is 0 Å². The van der Waals surface area contributed by atoms with Crippen LogP contribution in [-0.2, 0) is 0 Å². The zero-order valence-corrected chi connectivity index (χ0v) is 18.3. The van der Waals surface area contributed by atoms with Gasteiger partial charge in [-0.15, -0.1) is 0 Å². The van der Waals surface area contributed by atoms with E-state index in [1.54, 1.807) is 24.3 Å². The van der Waals surface area contributed by atoms with Crippen LogP contribution in [0.1, 0.15) is 17.0 Å². The Kier molecular flexibility index (Phi) is 5.52. The lowest BCUT2D eigenvalue weighted by Crippen LogP contribution is -2.09. The van der Waals surface area contributed by atoms with E-state index in [0.29, 0.717) is 33.4 Å². The number of hydrogen-bond donors (Lipinski definition) is 2. The Hall–Kier alpha value is -3.58. The summed E-state index contributed by atoms with van der Waals surface area (Å²) in [6, 6.07) is 12.4. The van der Waals surface area contributed by atoms with Crippen LogP contribution in [0.2, 0.25) is 5.02 Å². The maximum atomic E-state index is 9.92. The Morgan fingerprint density at radius 3 is 2.48 bits per heavy atom. The van der Waals surface area contributed by atoms with Gasteiger partial charge in [0.1, 0.15) is 11.3 Å². The van der Waals surface area contributed by atoms with Crippen molar-refractivity contribution in [2.75, 3.05) is 12.5 Å².